The molecule has 0 aliphatic rings. The highest BCUT2D eigenvalue weighted by molar-refractivity contribution is 7.07. The summed E-state index contributed by atoms with van der Waals surface area (Å²) in [6.45, 7) is 2.36. The van der Waals surface area contributed by atoms with Crippen molar-refractivity contribution in [1.29, 1.82) is 5.26 Å². The average molecular weight is 264 g/mol. The molecule has 94 valence electrons. The van der Waals surface area contributed by atoms with Crippen LogP contribution in [-0.2, 0) is 13.6 Å². The van der Waals surface area contributed by atoms with Crippen LogP contribution in [0.3, 0.4) is 0 Å². The van der Waals surface area contributed by atoms with Crippen LogP contribution in [0, 0.1) is 11.3 Å². The summed E-state index contributed by atoms with van der Waals surface area (Å²) >= 11 is 0.948. The number of unbranched alkanes of at least 4 members (excludes halogenated alkanes) is 1. The van der Waals surface area contributed by atoms with Gasteiger partial charge in [-0.15, -0.1) is 0 Å². The second kappa shape index (κ2) is 4.74. The predicted octanol–water partition coefficient (Wildman–Crippen LogP) is 0.828. The first-order chi connectivity index (χ1) is 8.61. The molecule has 0 saturated heterocycles. The minimum atomic E-state index is -0.410. The second-order valence-electron chi connectivity index (χ2n) is 3.97. The van der Waals surface area contributed by atoms with Gasteiger partial charge in [0.25, 0.3) is 5.56 Å². The molecule has 2 aromatic heterocycles. The Kier molecular flexibility index (Phi) is 3.30. The van der Waals surface area contributed by atoms with Gasteiger partial charge in [-0.05, 0) is 18.0 Å². The van der Waals surface area contributed by atoms with Gasteiger partial charge in [-0.25, -0.2) is 4.79 Å². The molecular formula is C11H12N4O2S. The predicted molar refractivity (Wildman–Crippen MR) is 68.7 cm³/mol. The normalized spacial score (nSPS) is 10.7. The van der Waals surface area contributed by atoms with Crippen LogP contribution in [0.15, 0.2) is 9.59 Å². The first-order valence-corrected chi connectivity index (χ1v) is 6.38. The fourth-order valence-corrected chi connectivity index (χ4v) is 2.49. The van der Waals surface area contributed by atoms with Gasteiger partial charge in [0.1, 0.15) is 16.3 Å². The molecule has 0 aliphatic heterocycles. The highest BCUT2D eigenvalue weighted by Gasteiger charge is 2.17. The van der Waals surface area contributed by atoms with Crippen molar-refractivity contribution in [3.8, 4) is 6.07 Å². The monoisotopic (exact) mass is 264 g/mol. The molecule has 2 aromatic rings. The van der Waals surface area contributed by atoms with Crippen LogP contribution in [0.2, 0.25) is 0 Å². The van der Waals surface area contributed by atoms with Gasteiger partial charge in [-0.1, -0.05) is 13.3 Å². The van der Waals surface area contributed by atoms with E-state index in [4.69, 9.17) is 5.26 Å². The number of aryl methyl sites for hydroxylation is 1. The van der Waals surface area contributed by atoms with Gasteiger partial charge in [0.15, 0.2) is 5.65 Å². The van der Waals surface area contributed by atoms with Gasteiger partial charge < -0.3 is 0 Å². The average Bonchev–Trinajstić information content (AvgIpc) is 2.80. The van der Waals surface area contributed by atoms with E-state index in [1.807, 2.05) is 13.0 Å². The standard InChI is InChI=1S/C11H12N4O2S/c1-3-4-5-15-10(16)8-7(6-12)18-13-9(8)14(2)11(15)17/h3-5H2,1-2H3. The van der Waals surface area contributed by atoms with Crippen molar-refractivity contribution in [2.45, 2.75) is 26.3 Å². The Morgan fingerprint density at radius 1 is 1.44 bits per heavy atom. The van der Waals surface area contributed by atoms with Crippen molar-refractivity contribution in [3.05, 3.63) is 25.7 Å². The molecule has 18 heavy (non-hydrogen) atoms. The molecule has 0 atom stereocenters. The van der Waals surface area contributed by atoms with Crippen molar-refractivity contribution in [3.63, 3.8) is 0 Å². The Bertz CT molecular complexity index is 747. The Morgan fingerprint density at radius 2 is 2.17 bits per heavy atom. The Morgan fingerprint density at radius 3 is 2.78 bits per heavy atom. The summed E-state index contributed by atoms with van der Waals surface area (Å²) in [5.74, 6) is 0. The fourth-order valence-electron chi connectivity index (χ4n) is 1.79. The van der Waals surface area contributed by atoms with E-state index in [0.29, 0.717) is 12.2 Å². The van der Waals surface area contributed by atoms with E-state index in [2.05, 4.69) is 4.37 Å². The molecule has 0 bridgehead atoms. The zero-order chi connectivity index (χ0) is 13.3. The topological polar surface area (TPSA) is 80.7 Å². The molecule has 0 N–H and O–H groups in total. The number of fused-ring (bicyclic) bond motifs is 1. The molecule has 0 spiro atoms. The van der Waals surface area contributed by atoms with Crippen LogP contribution in [-0.4, -0.2) is 13.5 Å². The lowest BCUT2D eigenvalue weighted by atomic mass is 10.3. The molecule has 0 saturated carbocycles. The fraction of sp³-hybridized carbons (Fsp3) is 0.455. The molecule has 0 aromatic carbocycles. The minimum Gasteiger partial charge on any atom is -0.280 e. The number of hydrogen-bond acceptors (Lipinski definition) is 5. The molecule has 0 amide bonds. The van der Waals surface area contributed by atoms with Crippen LogP contribution in [0.5, 0.6) is 0 Å². The number of nitrogens with zero attached hydrogens (tertiary/aromatic N) is 4. The van der Waals surface area contributed by atoms with Crippen molar-refractivity contribution in [2.75, 3.05) is 0 Å². The first-order valence-electron chi connectivity index (χ1n) is 5.61. The molecule has 6 nitrogen and oxygen atoms in total. The van der Waals surface area contributed by atoms with Gasteiger partial charge in [-0.3, -0.25) is 13.9 Å². The quantitative estimate of drug-likeness (QED) is 0.822. The number of rotatable bonds is 3. The molecule has 2 rings (SSSR count). The summed E-state index contributed by atoms with van der Waals surface area (Å²) in [7, 11) is 1.56. The van der Waals surface area contributed by atoms with Crippen molar-refractivity contribution in [2.24, 2.45) is 7.05 Å². The van der Waals surface area contributed by atoms with E-state index in [1.165, 1.54) is 9.13 Å². The smallest absolute Gasteiger partial charge is 0.280 e. The lowest BCUT2D eigenvalue weighted by molar-refractivity contribution is 0.567. The lowest BCUT2D eigenvalue weighted by Gasteiger charge is -2.06. The van der Waals surface area contributed by atoms with Gasteiger partial charge in [0.05, 0.1) is 0 Å². The maximum atomic E-state index is 12.2. The van der Waals surface area contributed by atoms with Crippen molar-refractivity contribution >= 4 is 22.6 Å². The number of aromatic nitrogens is 3. The largest absolute Gasteiger partial charge is 0.332 e. The molecule has 0 fully saturated rings. The summed E-state index contributed by atoms with van der Waals surface area (Å²) in [4.78, 5) is 24.5. The Labute approximate surface area is 107 Å². The van der Waals surface area contributed by atoms with Crippen LogP contribution >= 0.6 is 11.5 Å². The van der Waals surface area contributed by atoms with E-state index in [1.54, 1.807) is 7.05 Å². The Hall–Kier alpha value is -1.94. The summed E-state index contributed by atoms with van der Waals surface area (Å²) in [5.41, 5.74) is -0.498. The first kappa shape index (κ1) is 12.5. The summed E-state index contributed by atoms with van der Waals surface area (Å²) in [5, 5.41) is 9.21. The zero-order valence-corrected chi connectivity index (χ0v) is 11.0. The molecule has 0 radical (unpaired) electrons. The van der Waals surface area contributed by atoms with Crippen LogP contribution in [0.25, 0.3) is 11.0 Å². The van der Waals surface area contributed by atoms with Gasteiger partial charge in [0.2, 0.25) is 0 Å². The summed E-state index contributed by atoms with van der Waals surface area (Å²) < 4.78 is 6.51. The highest BCUT2D eigenvalue weighted by atomic mass is 32.1. The second-order valence-corrected chi connectivity index (χ2v) is 4.75. The van der Waals surface area contributed by atoms with E-state index in [0.717, 1.165) is 24.4 Å². The highest BCUT2D eigenvalue weighted by Crippen LogP contribution is 2.15. The zero-order valence-electron chi connectivity index (χ0n) is 10.1. The van der Waals surface area contributed by atoms with E-state index in [-0.39, 0.29) is 16.0 Å². The molecule has 0 unspecified atom stereocenters. The maximum Gasteiger partial charge on any atom is 0.332 e. The molecule has 7 heteroatoms. The minimum absolute atomic E-state index is 0.251. The van der Waals surface area contributed by atoms with E-state index in [9.17, 15) is 9.59 Å². The third kappa shape index (κ3) is 1.75. The van der Waals surface area contributed by atoms with Crippen LogP contribution in [0.1, 0.15) is 24.6 Å². The van der Waals surface area contributed by atoms with Gasteiger partial charge >= 0.3 is 5.69 Å². The number of nitriles is 1. The van der Waals surface area contributed by atoms with Crippen molar-refractivity contribution in [1.82, 2.24) is 13.5 Å². The maximum absolute atomic E-state index is 12.2. The third-order valence-electron chi connectivity index (χ3n) is 2.81. The molecular weight excluding hydrogens is 252 g/mol. The van der Waals surface area contributed by atoms with Gasteiger partial charge in [-0.2, -0.15) is 9.64 Å². The summed E-state index contributed by atoms with van der Waals surface area (Å²) in [6.07, 6.45) is 1.64. The Balaban J connectivity index is 2.84. The SMILES string of the molecule is CCCCn1c(=O)c2c(C#N)snc2n(C)c1=O. The number of hydrogen-bond donors (Lipinski definition) is 0. The van der Waals surface area contributed by atoms with Gasteiger partial charge in [0, 0.05) is 13.6 Å². The van der Waals surface area contributed by atoms with Crippen LogP contribution in [0.4, 0.5) is 0 Å². The van der Waals surface area contributed by atoms with E-state index >= 15 is 0 Å². The lowest BCUT2D eigenvalue weighted by Crippen LogP contribution is -2.39. The van der Waals surface area contributed by atoms with Crippen LogP contribution < -0.4 is 11.2 Å². The third-order valence-corrected chi connectivity index (χ3v) is 3.55. The van der Waals surface area contributed by atoms with Crippen molar-refractivity contribution < 1.29 is 0 Å². The molecule has 2 heterocycles. The van der Waals surface area contributed by atoms with E-state index < -0.39 is 5.56 Å². The molecule has 0 aliphatic carbocycles. The summed E-state index contributed by atoms with van der Waals surface area (Å²) in [6, 6.07) is 1.95.